The van der Waals surface area contributed by atoms with E-state index in [0.717, 1.165) is 11.5 Å². The molecule has 0 aliphatic heterocycles. The molecule has 0 saturated heterocycles. The summed E-state index contributed by atoms with van der Waals surface area (Å²) >= 11 is 8.41. The average Bonchev–Trinajstić information content (AvgIpc) is 2.56. The molecule has 4 nitrogen and oxygen atoms in total. The quantitative estimate of drug-likeness (QED) is 0.690. The molecular weight excluding hydrogens is 395 g/mol. The second-order valence-corrected chi connectivity index (χ2v) is 6.43. The minimum atomic E-state index is -0.379. The lowest BCUT2D eigenvalue weighted by Crippen LogP contribution is -2.39. The van der Waals surface area contributed by atoms with E-state index in [9.17, 15) is 4.39 Å². The lowest BCUT2D eigenvalue weighted by Gasteiger charge is -2.18. The zero-order valence-corrected chi connectivity index (χ0v) is 15.7. The van der Waals surface area contributed by atoms with E-state index in [4.69, 9.17) is 21.7 Å². The van der Waals surface area contributed by atoms with Crippen molar-refractivity contribution in [1.29, 1.82) is 0 Å². The van der Waals surface area contributed by atoms with E-state index in [1.807, 2.05) is 31.2 Å². The van der Waals surface area contributed by atoms with Crippen LogP contribution in [-0.2, 0) is 0 Å². The third-order valence-corrected chi connectivity index (χ3v) is 3.83. The maximum absolute atomic E-state index is 13.8. The molecule has 24 heavy (non-hydrogen) atoms. The summed E-state index contributed by atoms with van der Waals surface area (Å²) in [5.41, 5.74) is 0.318. The number of nitrogens with one attached hydrogen (secondary N) is 2. The van der Waals surface area contributed by atoms with Gasteiger partial charge in [0, 0.05) is 4.47 Å². The van der Waals surface area contributed by atoms with Crippen LogP contribution in [-0.4, -0.2) is 24.9 Å². The summed E-state index contributed by atoms with van der Waals surface area (Å²) in [7, 11) is 1.62. The smallest absolute Gasteiger partial charge is 0.171 e. The van der Waals surface area contributed by atoms with Crippen LogP contribution in [0, 0.1) is 5.82 Å². The molecule has 0 unspecified atom stereocenters. The second kappa shape index (κ2) is 8.84. The maximum Gasteiger partial charge on any atom is 0.171 e. The van der Waals surface area contributed by atoms with Gasteiger partial charge in [-0.1, -0.05) is 15.9 Å². The summed E-state index contributed by atoms with van der Waals surface area (Å²) in [6.45, 7) is 2.34. The molecule has 0 aliphatic carbocycles. The topological polar surface area (TPSA) is 42.5 Å². The zero-order valence-electron chi connectivity index (χ0n) is 13.3. The maximum atomic E-state index is 13.8. The molecule has 1 atom stereocenters. The van der Waals surface area contributed by atoms with Crippen LogP contribution < -0.4 is 20.1 Å². The molecule has 0 heterocycles. The summed E-state index contributed by atoms with van der Waals surface area (Å²) in [4.78, 5) is 0. The van der Waals surface area contributed by atoms with Crippen molar-refractivity contribution >= 4 is 38.9 Å². The molecule has 0 fully saturated rings. The molecular formula is C17H18BrFN2O2S. The predicted molar refractivity (Wildman–Crippen MR) is 101 cm³/mol. The van der Waals surface area contributed by atoms with Gasteiger partial charge < -0.3 is 20.1 Å². The Morgan fingerprint density at radius 3 is 2.50 bits per heavy atom. The highest BCUT2D eigenvalue weighted by Crippen LogP contribution is 2.19. The van der Waals surface area contributed by atoms with Crippen LogP contribution >= 0.6 is 28.1 Å². The van der Waals surface area contributed by atoms with E-state index < -0.39 is 0 Å². The van der Waals surface area contributed by atoms with Gasteiger partial charge >= 0.3 is 0 Å². The molecule has 0 radical (unpaired) electrons. The van der Waals surface area contributed by atoms with Gasteiger partial charge in [-0.05, 0) is 61.6 Å². The average molecular weight is 413 g/mol. The lowest BCUT2D eigenvalue weighted by molar-refractivity contribution is 0.286. The van der Waals surface area contributed by atoms with E-state index in [-0.39, 0.29) is 11.9 Å². The summed E-state index contributed by atoms with van der Waals surface area (Å²) in [5.74, 6) is 1.13. The van der Waals surface area contributed by atoms with Gasteiger partial charge in [-0.25, -0.2) is 4.39 Å². The molecule has 2 aromatic rings. The monoisotopic (exact) mass is 412 g/mol. The van der Waals surface area contributed by atoms with E-state index in [1.54, 1.807) is 19.2 Å². The summed E-state index contributed by atoms with van der Waals surface area (Å²) in [6.07, 6.45) is 0. The molecule has 2 aromatic carbocycles. The van der Waals surface area contributed by atoms with Gasteiger partial charge in [0.05, 0.1) is 18.8 Å². The van der Waals surface area contributed by atoms with Gasteiger partial charge in [0.15, 0.2) is 5.11 Å². The number of benzene rings is 2. The van der Waals surface area contributed by atoms with E-state index in [1.165, 1.54) is 6.07 Å². The van der Waals surface area contributed by atoms with Crippen LogP contribution in [0.1, 0.15) is 6.92 Å². The molecule has 2 N–H and O–H groups in total. The highest BCUT2D eigenvalue weighted by atomic mass is 79.9. The van der Waals surface area contributed by atoms with Crippen LogP contribution in [0.25, 0.3) is 0 Å². The van der Waals surface area contributed by atoms with Crippen molar-refractivity contribution in [2.45, 2.75) is 13.0 Å². The Balaban J connectivity index is 1.80. The van der Waals surface area contributed by atoms with Crippen molar-refractivity contribution in [3.8, 4) is 11.5 Å². The predicted octanol–water partition coefficient (Wildman–Crippen LogP) is 4.35. The van der Waals surface area contributed by atoms with Gasteiger partial charge in [0.2, 0.25) is 0 Å². The Bertz CT molecular complexity index is 697. The van der Waals surface area contributed by atoms with Gasteiger partial charge in [-0.15, -0.1) is 0 Å². The Kier molecular flexibility index (Phi) is 6.81. The summed E-state index contributed by atoms with van der Waals surface area (Å²) < 4.78 is 25.2. The first-order valence-electron chi connectivity index (χ1n) is 7.27. The lowest BCUT2D eigenvalue weighted by atomic mass is 10.3. The Hall–Kier alpha value is -1.86. The van der Waals surface area contributed by atoms with Crippen molar-refractivity contribution in [2.24, 2.45) is 0 Å². The molecule has 0 saturated carbocycles. The fraction of sp³-hybridized carbons (Fsp3) is 0.235. The molecule has 0 amide bonds. The van der Waals surface area contributed by atoms with E-state index in [0.29, 0.717) is 21.9 Å². The first-order chi connectivity index (χ1) is 11.5. The van der Waals surface area contributed by atoms with Crippen LogP contribution in [0.3, 0.4) is 0 Å². The van der Waals surface area contributed by atoms with Crippen molar-refractivity contribution in [3.05, 3.63) is 52.8 Å². The molecule has 7 heteroatoms. The molecule has 128 valence electrons. The number of halogens is 2. The Labute approximate surface area is 154 Å². The van der Waals surface area contributed by atoms with Gasteiger partial charge in [-0.2, -0.15) is 0 Å². The van der Waals surface area contributed by atoms with Crippen molar-refractivity contribution in [2.75, 3.05) is 19.0 Å². The number of hydrogen-bond acceptors (Lipinski definition) is 3. The van der Waals surface area contributed by atoms with Crippen molar-refractivity contribution in [3.63, 3.8) is 0 Å². The first-order valence-corrected chi connectivity index (χ1v) is 8.47. The largest absolute Gasteiger partial charge is 0.497 e. The van der Waals surface area contributed by atoms with Crippen LogP contribution in [0.2, 0.25) is 0 Å². The fourth-order valence-electron chi connectivity index (χ4n) is 1.91. The molecule has 0 aliphatic rings. The number of methoxy groups -OCH3 is 1. The first kappa shape index (κ1) is 18.5. The Morgan fingerprint density at radius 1 is 1.21 bits per heavy atom. The zero-order chi connectivity index (χ0) is 17.5. The highest BCUT2D eigenvalue weighted by molar-refractivity contribution is 9.10. The van der Waals surface area contributed by atoms with Crippen molar-refractivity contribution in [1.82, 2.24) is 5.32 Å². The normalized spacial score (nSPS) is 11.5. The van der Waals surface area contributed by atoms with E-state index in [2.05, 4.69) is 26.6 Å². The number of hydrogen-bond donors (Lipinski definition) is 2. The van der Waals surface area contributed by atoms with Crippen LogP contribution in [0.5, 0.6) is 11.5 Å². The Morgan fingerprint density at radius 2 is 1.88 bits per heavy atom. The van der Waals surface area contributed by atoms with Gasteiger partial charge in [-0.3, -0.25) is 0 Å². The number of thiocarbonyl (C=S) groups is 1. The second-order valence-electron chi connectivity index (χ2n) is 5.11. The van der Waals surface area contributed by atoms with Crippen molar-refractivity contribution < 1.29 is 13.9 Å². The number of ether oxygens (including phenoxy) is 2. The fourth-order valence-corrected chi connectivity index (χ4v) is 2.55. The summed E-state index contributed by atoms with van der Waals surface area (Å²) in [6, 6.07) is 12.0. The van der Waals surface area contributed by atoms with Gasteiger partial charge in [0.25, 0.3) is 0 Å². The molecule has 0 bridgehead atoms. The SMILES string of the molecule is COc1ccc(OC[C@H](C)NC(=S)Nc2ccc(Br)cc2F)cc1. The third-order valence-electron chi connectivity index (χ3n) is 3.12. The van der Waals surface area contributed by atoms with Crippen LogP contribution in [0.15, 0.2) is 46.9 Å². The summed E-state index contributed by atoms with van der Waals surface area (Å²) in [5, 5.41) is 6.22. The molecule has 2 rings (SSSR count). The highest BCUT2D eigenvalue weighted by Gasteiger charge is 2.08. The minimum absolute atomic E-state index is 0.0504. The number of rotatable bonds is 6. The molecule has 0 spiro atoms. The number of anilines is 1. The van der Waals surface area contributed by atoms with E-state index >= 15 is 0 Å². The van der Waals surface area contributed by atoms with Crippen LogP contribution in [0.4, 0.5) is 10.1 Å². The molecule has 0 aromatic heterocycles. The standard InChI is InChI=1S/C17H18BrFN2O2S/c1-11(10-23-14-6-4-13(22-2)5-7-14)20-17(24)21-16-8-3-12(18)9-15(16)19/h3-9,11H,10H2,1-2H3,(H2,20,21,24)/t11-/m0/s1. The van der Waals surface area contributed by atoms with Gasteiger partial charge in [0.1, 0.15) is 23.9 Å². The third kappa shape index (κ3) is 5.65. The minimum Gasteiger partial charge on any atom is -0.497 e.